The number of rotatable bonds is 2. The molecule has 9 aromatic rings. The van der Waals surface area contributed by atoms with Gasteiger partial charge in [0.1, 0.15) is 0 Å². The van der Waals surface area contributed by atoms with Gasteiger partial charge in [-0.05, 0) is 87.6 Å². The van der Waals surface area contributed by atoms with Gasteiger partial charge in [-0.15, -0.1) is 0 Å². The molecule has 0 atom stereocenters. The summed E-state index contributed by atoms with van der Waals surface area (Å²) in [6, 6.07) is 53.9. The molecule has 0 unspecified atom stereocenters. The lowest BCUT2D eigenvalue weighted by Crippen LogP contribution is -2.14. The highest BCUT2D eigenvalue weighted by Gasteiger charge is 2.36. The fourth-order valence-electron chi connectivity index (χ4n) is 8.15. The maximum absolute atomic E-state index is 2.49. The summed E-state index contributed by atoms with van der Waals surface area (Å²) < 4.78 is 4.90. The van der Waals surface area contributed by atoms with Crippen molar-refractivity contribution in [2.45, 2.75) is 19.3 Å². The van der Waals surface area contributed by atoms with E-state index in [-0.39, 0.29) is 5.41 Å². The normalized spacial score (nSPS) is 13.7. The molecule has 1 aliphatic rings. The lowest BCUT2D eigenvalue weighted by molar-refractivity contribution is 0.661. The van der Waals surface area contributed by atoms with Crippen LogP contribution in [0, 0.1) is 0 Å². The molecule has 212 valence electrons. The zero-order valence-corrected chi connectivity index (χ0v) is 25.3. The van der Waals surface area contributed by atoms with Crippen LogP contribution < -0.4 is 0 Å². The highest BCUT2D eigenvalue weighted by atomic mass is 15.0. The summed E-state index contributed by atoms with van der Waals surface area (Å²) in [6.07, 6.45) is 0. The average molecular weight is 575 g/mol. The predicted molar refractivity (Wildman–Crippen MR) is 190 cm³/mol. The van der Waals surface area contributed by atoms with Crippen molar-refractivity contribution >= 4 is 54.4 Å². The molecule has 0 bridgehead atoms. The van der Waals surface area contributed by atoms with Gasteiger partial charge >= 0.3 is 0 Å². The summed E-state index contributed by atoms with van der Waals surface area (Å²) >= 11 is 0. The van der Waals surface area contributed by atoms with Crippen LogP contribution in [0.25, 0.3) is 76.9 Å². The van der Waals surface area contributed by atoms with Crippen molar-refractivity contribution < 1.29 is 0 Å². The van der Waals surface area contributed by atoms with Crippen molar-refractivity contribution in [3.63, 3.8) is 0 Å². The first-order valence-corrected chi connectivity index (χ1v) is 15.8. The minimum atomic E-state index is -0.0537. The number of aromatic nitrogens is 2. The molecule has 2 aromatic heterocycles. The highest BCUT2D eigenvalue weighted by Crippen LogP contribution is 2.51. The van der Waals surface area contributed by atoms with Crippen LogP contribution in [0.15, 0.2) is 146 Å². The summed E-state index contributed by atoms with van der Waals surface area (Å²) in [5.41, 5.74) is 12.7. The number of nitrogens with zero attached hydrogens (tertiary/aromatic N) is 2. The fraction of sp³-hybridized carbons (Fsp3) is 0.0698. The van der Waals surface area contributed by atoms with Gasteiger partial charge in [0.25, 0.3) is 0 Å². The third-order valence-electron chi connectivity index (χ3n) is 10.3. The van der Waals surface area contributed by atoms with Crippen molar-refractivity contribution in [3.8, 4) is 22.5 Å². The van der Waals surface area contributed by atoms with Gasteiger partial charge in [-0.3, -0.25) is 0 Å². The third kappa shape index (κ3) is 3.29. The van der Waals surface area contributed by atoms with E-state index in [0.717, 1.165) is 11.4 Å². The Bertz CT molecular complexity index is 2630. The van der Waals surface area contributed by atoms with Crippen LogP contribution in [-0.4, -0.2) is 9.13 Å². The van der Waals surface area contributed by atoms with Crippen LogP contribution in [0.3, 0.4) is 0 Å². The second kappa shape index (κ2) is 8.74. The molecule has 2 nitrogen and oxygen atoms in total. The van der Waals surface area contributed by atoms with Gasteiger partial charge < -0.3 is 9.13 Å². The number of hydrogen-bond donors (Lipinski definition) is 0. The second-order valence-electron chi connectivity index (χ2n) is 13.0. The molecule has 10 rings (SSSR count). The van der Waals surface area contributed by atoms with Gasteiger partial charge in [0, 0.05) is 38.3 Å². The van der Waals surface area contributed by atoms with Crippen LogP contribution in [0.4, 0.5) is 0 Å². The molecule has 0 N–H and O–H groups in total. The maximum Gasteiger partial charge on any atom is 0.0547 e. The van der Waals surface area contributed by atoms with Crippen LogP contribution in [0.5, 0.6) is 0 Å². The van der Waals surface area contributed by atoms with Crippen molar-refractivity contribution in [2.24, 2.45) is 0 Å². The molecule has 2 heterocycles. The molecule has 45 heavy (non-hydrogen) atoms. The van der Waals surface area contributed by atoms with E-state index in [0.29, 0.717) is 0 Å². The molecule has 7 aromatic carbocycles. The zero-order valence-electron chi connectivity index (χ0n) is 25.3. The Balaban J connectivity index is 1.31. The lowest BCUT2D eigenvalue weighted by atomic mass is 9.82. The van der Waals surface area contributed by atoms with Crippen LogP contribution in [-0.2, 0) is 5.41 Å². The fourth-order valence-corrected chi connectivity index (χ4v) is 8.15. The Kier molecular flexibility index (Phi) is 4.82. The summed E-state index contributed by atoms with van der Waals surface area (Å²) in [7, 11) is 0. The first-order valence-electron chi connectivity index (χ1n) is 15.8. The number of hydrogen-bond acceptors (Lipinski definition) is 0. The summed E-state index contributed by atoms with van der Waals surface area (Å²) in [5, 5.41) is 7.67. The van der Waals surface area contributed by atoms with E-state index >= 15 is 0 Å². The van der Waals surface area contributed by atoms with Crippen molar-refractivity contribution in [2.75, 3.05) is 0 Å². The van der Waals surface area contributed by atoms with E-state index < -0.39 is 0 Å². The first-order chi connectivity index (χ1) is 22.1. The van der Waals surface area contributed by atoms with E-state index in [1.165, 1.54) is 76.6 Å². The van der Waals surface area contributed by atoms with Gasteiger partial charge in [-0.25, -0.2) is 0 Å². The van der Waals surface area contributed by atoms with Gasteiger partial charge in [0.05, 0.1) is 22.1 Å². The molecule has 0 saturated carbocycles. The smallest absolute Gasteiger partial charge is 0.0547 e. The molecule has 2 heteroatoms. The Morgan fingerprint density at radius 2 is 0.933 bits per heavy atom. The number of fused-ring (bicyclic) bond motifs is 10. The molecular formula is C43H30N2. The minimum absolute atomic E-state index is 0.0537. The van der Waals surface area contributed by atoms with Crippen LogP contribution >= 0.6 is 0 Å². The monoisotopic (exact) mass is 574 g/mol. The van der Waals surface area contributed by atoms with Gasteiger partial charge in [-0.2, -0.15) is 0 Å². The number of benzene rings is 7. The van der Waals surface area contributed by atoms with Crippen LogP contribution in [0.2, 0.25) is 0 Å². The molecule has 0 fully saturated rings. The van der Waals surface area contributed by atoms with E-state index in [1.54, 1.807) is 0 Å². The Hall–Kier alpha value is -5.60. The van der Waals surface area contributed by atoms with Crippen molar-refractivity contribution in [1.29, 1.82) is 0 Å². The zero-order chi connectivity index (χ0) is 29.9. The molecular weight excluding hydrogens is 544 g/mol. The standard InChI is InChI=1S/C43H30N2/c1-43(2)37-19-8-5-16-31(37)34-26-42-36(25-38(34)43)35-22-27-12-3-4-13-28(27)23-41(35)45(42)30-15-11-14-29(24-30)44-39-20-9-6-17-32(39)33-18-7-10-21-40(33)44/h3-26H,1-2H3. The SMILES string of the molecule is CC1(C)c2ccccc2-c2cc3c(cc21)c1cc2ccccc2cc1n3-c1cccc(-n2c3ccccc3c3ccccc32)c1. The van der Waals surface area contributed by atoms with Crippen LogP contribution in [0.1, 0.15) is 25.0 Å². The highest BCUT2D eigenvalue weighted by molar-refractivity contribution is 6.15. The predicted octanol–water partition coefficient (Wildman–Crippen LogP) is 11.3. The molecule has 0 saturated heterocycles. The topological polar surface area (TPSA) is 9.86 Å². The molecule has 0 radical (unpaired) electrons. The minimum Gasteiger partial charge on any atom is -0.309 e. The quantitative estimate of drug-likeness (QED) is 0.194. The summed E-state index contributed by atoms with van der Waals surface area (Å²) in [4.78, 5) is 0. The van der Waals surface area contributed by atoms with Gasteiger partial charge in [0.15, 0.2) is 0 Å². The Labute approximate surface area is 261 Å². The molecule has 0 spiro atoms. The average Bonchev–Trinajstić information content (AvgIpc) is 3.66. The van der Waals surface area contributed by atoms with E-state index in [1.807, 2.05) is 0 Å². The van der Waals surface area contributed by atoms with Crippen molar-refractivity contribution in [1.82, 2.24) is 9.13 Å². The summed E-state index contributed by atoms with van der Waals surface area (Å²) in [6.45, 7) is 4.74. The van der Waals surface area contributed by atoms with E-state index in [4.69, 9.17) is 0 Å². The van der Waals surface area contributed by atoms with E-state index in [2.05, 4.69) is 169 Å². The Morgan fingerprint density at radius 3 is 1.67 bits per heavy atom. The van der Waals surface area contributed by atoms with E-state index in [9.17, 15) is 0 Å². The Morgan fingerprint density at radius 1 is 0.378 bits per heavy atom. The largest absolute Gasteiger partial charge is 0.309 e. The summed E-state index contributed by atoms with van der Waals surface area (Å²) in [5.74, 6) is 0. The lowest BCUT2D eigenvalue weighted by Gasteiger charge is -2.21. The van der Waals surface area contributed by atoms with Gasteiger partial charge in [-0.1, -0.05) is 105 Å². The first kappa shape index (κ1) is 24.8. The number of para-hydroxylation sites is 2. The van der Waals surface area contributed by atoms with Gasteiger partial charge in [0.2, 0.25) is 0 Å². The third-order valence-corrected chi connectivity index (χ3v) is 10.3. The van der Waals surface area contributed by atoms with Crippen molar-refractivity contribution in [3.05, 3.63) is 157 Å². The molecule has 0 amide bonds. The molecule has 1 aliphatic carbocycles. The molecule has 0 aliphatic heterocycles. The second-order valence-corrected chi connectivity index (χ2v) is 13.0. The maximum atomic E-state index is 2.49.